The maximum atomic E-state index is 12.3. The van der Waals surface area contributed by atoms with Crippen molar-refractivity contribution in [2.45, 2.75) is 40.3 Å². The van der Waals surface area contributed by atoms with Gasteiger partial charge in [-0.2, -0.15) is 10.2 Å². The van der Waals surface area contributed by atoms with E-state index in [1.807, 2.05) is 29.9 Å². The van der Waals surface area contributed by atoms with E-state index in [0.29, 0.717) is 30.0 Å². The molecule has 2 heterocycles. The average molecular weight is 475 g/mol. The lowest BCUT2D eigenvalue weighted by Gasteiger charge is -2.07. The van der Waals surface area contributed by atoms with Crippen molar-refractivity contribution in [2.75, 3.05) is 6.54 Å². The van der Waals surface area contributed by atoms with Crippen LogP contribution in [-0.2, 0) is 13.1 Å². The maximum Gasteiger partial charge on any atom is 0.312 e. The molecule has 9 nitrogen and oxygen atoms in total. The molecule has 10 heteroatoms. The van der Waals surface area contributed by atoms with Gasteiger partial charge in [0, 0.05) is 24.8 Å². The van der Waals surface area contributed by atoms with Gasteiger partial charge in [0.25, 0.3) is 5.91 Å². The van der Waals surface area contributed by atoms with Gasteiger partial charge >= 0.3 is 5.69 Å². The highest BCUT2D eigenvalue weighted by molar-refractivity contribution is 9.10. The maximum absolute atomic E-state index is 12.3. The molecule has 0 aliphatic rings. The molecule has 0 saturated heterocycles. The minimum absolute atomic E-state index is 0.0450. The van der Waals surface area contributed by atoms with Gasteiger partial charge in [0.2, 0.25) is 0 Å². The molecule has 0 bridgehead atoms. The second-order valence-electron chi connectivity index (χ2n) is 7.07. The molecule has 0 radical (unpaired) electrons. The standard InChI is InChI=1S/C20H23BrN6O3/c1-13-18(21)12-25(23-13)10-4-9-22-20(28)17-7-5-16(6-8-17)11-26-15(3)19(27(29)30)14(2)24-26/h5-8,12H,4,9-11H2,1-3H3,(H,22,28). The fourth-order valence-electron chi connectivity index (χ4n) is 3.19. The quantitative estimate of drug-likeness (QED) is 0.305. The average Bonchev–Trinajstić information content (AvgIpc) is 3.16. The Hall–Kier alpha value is -3.01. The highest BCUT2D eigenvalue weighted by Gasteiger charge is 2.21. The lowest BCUT2D eigenvalue weighted by molar-refractivity contribution is -0.386. The third-order valence-electron chi connectivity index (χ3n) is 4.81. The number of nitrogens with one attached hydrogen (secondary N) is 1. The molecular weight excluding hydrogens is 452 g/mol. The summed E-state index contributed by atoms with van der Waals surface area (Å²) in [5.41, 5.74) is 3.37. The molecule has 0 aliphatic heterocycles. The van der Waals surface area contributed by atoms with Gasteiger partial charge < -0.3 is 5.32 Å². The van der Waals surface area contributed by atoms with E-state index in [1.54, 1.807) is 30.7 Å². The topological polar surface area (TPSA) is 108 Å². The van der Waals surface area contributed by atoms with Gasteiger partial charge in [-0.25, -0.2) is 0 Å². The molecular formula is C20H23BrN6O3. The van der Waals surface area contributed by atoms with E-state index in [4.69, 9.17) is 0 Å². The van der Waals surface area contributed by atoms with Crippen molar-refractivity contribution in [3.05, 3.63) is 73.3 Å². The number of nitro groups is 1. The summed E-state index contributed by atoms with van der Waals surface area (Å²) in [5.74, 6) is -0.138. The fourth-order valence-corrected chi connectivity index (χ4v) is 3.51. The molecule has 0 fully saturated rings. The summed E-state index contributed by atoms with van der Waals surface area (Å²) < 4.78 is 4.43. The van der Waals surface area contributed by atoms with Crippen molar-refractivity contribution < 1.29 is 9.72 Å². The zero-order valence-electron chi connectivity index (χ0n) is 17.1. The predicted octanol–water partition coefficient (Wildman–Crippen LogP) is 3.54. The number of nitrogens with zero attached hydrogens (tertiary/aromatic N) is 5. The van der Waals surface area contributed by atoms with Crippen LogP contribution in [0, 0.1) is 30.9 Å². The van der Waals surface area contributed by atoms with E-state index in [-0.39, 0.29) is 11.6 Å². The number of rotatable bonds is 8. The molecule has 2 aromatic heterocycles. The Balaban J connectivity index is 1.53. The second-order valence-corrected chi connectivity index (χ2v) is 7.92. The number of hydrogen-bond donors (Lipinski definition) is 1. The van der Waals surface area contributed by atoms with Crippen LogP contribution in [0.2, 0.25) is 0 Å². The molecule has 1 amide bonds. The van der Waals surface area contributed by atoms with E-state index in [1.165, 1.54) is 0 Å². The minimum Gasteiger partial charge on any atom is -0.352 e. The van der Waals surface area contributed by atoms with Crippen molar-refractivity contribution in [3.8, 4) is 0 Å². The first-order valence-corrected chi connectivity index (χ1v) is 10.3. The van der Waals surface area contributed by atoms with Crippen LogP contribution in [0.15, 0.2) is 34.9 Å². The third-order valence-corrected chi connectivity index (χ3v) is 5.59. The van der Waals surface area contributed by atoms with Crippen LogP contribution in [0.1, 0.15) is 39.4 Å². The molecule has 1 aromatic carbocycles. The Morgan fingerprint density at radius 1 is 1.17 bits per heavy atom. The molecule has 0 unspecified atom stereocenters. The van der Waals surface area contributed by atoms with E-state index in [2.05, 4.69) is 31.4 Å². The summed E-state index contributed by atoms with van der Waals surface area (Å²) in [6, 6.07) is 7.17. The van der Waals surface area contributed by atoms with Gasteiger partial charge in [0.15, 0.2) is 0 Å². The van der Waals surface area contributed by atoms with Gasteiger partial charge in [-0.3, -0.25) is 24.3 Å². The SMILES string of the molecule is Cc1nn(CCCNC(=O)c2ccc(Cn3nc(C)c([N+](=O)[O-])c3C)cc2)cc1Br. The smallest absolute Gasteiger partial charge is 0.312 e. The number of carbonyl (C=O) groups is 1. The zero-order chi connectivity index (χ0) is 21.8. The highest BCUT2D eigenvalue weighted by atomic mass is 79.9. The first kappa shape index (κ1) is 21.7. The lowest BCUT2D eigenvalue weighted by atomic mass is 10.1. The van der Waals surface area contributed by atoms with Gasteiger partial charge in [-0.05, 0) is 60.8 Å². The first-order valence-electron chi connectivity index (χ1n) is 9.51. The zero-order valence-corrected chi connectivity index (χ0v) is 18.6. The van der Waals surface area contributed by atoms with Gasteiger partial charge in [-0.15, -0.1) is 0 Å². The van der Waals surface area contributed by atoms with Gasteiger partial charge in [-0.1, -0.05) is 12.1 Å². The Morgan fingerprint density at radius 3 is 2.43 bits per heavy atom. The van der Waals surface area contributed by atoms with Crippen molar-refractivity contribution in [2.24, 2.45) is 0 Å². The second kappa shape index (κ2) is 9.21. The van der Waals surface area contributed by atoms with E-state index >= 15 is 0 Å². The van der Waals surface area contributed by atoms with Crippen LogP contribution in [0.25, 0.3) is 0 Å². The summed E-state index contributed by atoms with van der Waals surface area (Å²) in [6.45, 7) is 6.92. The largest absolute Gasteiger partial charge is 0.352 e. The summed E-state index contributed by atoms with van der Waals surface area (Å²) >= 11 is 3.43. The first-order chi connectivity index (χ1) is 14.3. The Morgan fingerprint density at radius 2 is 1.87 bits per heavy atom. The summed E-state index contributed by atoms with van der Waals surface area (Å²) in [7, 11) is 0. The molecule has 1 N–H and O–H groups in total. The molecule has 0 atom stereocenters. The molecule has 158 valence electrons. The van der Waals surface area contributed by atoms with Crippen LogP contribution in [0.5, 0.6) is 0 Å². The predicted molar refractivity (Wildman–Crippen MR) is 116 cm³/mol. The number of aryl methyl sites for hydroxylation is 3. The van der Waals surface area contributed by atoms with Crippen LogP contribution in [0.3, 0.4) is 0 Å². The molecule has 0 aliphatic carbocycles. The van der Waals surface area contributed by atoms with Crippen LogP contribution >= 0.6 is 15.9 Å². The number of aromatic nitrogens is 4. The Bertz CT molecular complexity index is 1050. The summed E-state index contributed by atoms with van der Waals surface area (Å²) in [4.78, 5) is 23.1. The van der Waals surface area contributed by atoms with Crippen molar-refractivity contribution >= 4 is 27.5 Å². The lowest BCUT2D eigenvalue weighted by Crippen LogP contribution is -2.25. The van der Waals surface area contributed by atoms with Crippen LogP contribution in [0.4, 0.5) is 5.69 Å². The molecule has 0 spiro atoms. The molecule has 3 aromatic rings. The number of hydrogen-bond acceptors (Lipinski definition) is 5. The number of amides is 1. The highest BCUT2D eigenvalue weighted by Crippen LogP contribution is 2.22. The molecule has 3 rings (SSSR count). The Kier molecular flexibility index (Phi) is 6.66. The summed E-state index contributed by atoms with van der Waals surface area (Å²) in [6.07, 6.45) is 2.70. The summed E-state index contributed by atoms with van der Waals surface area (Å²) in [5, 5.41) is 22.7. The number of carbonyl (C=O) groups excluding carboxylic acids is 1. The van der Waals surface area contributed by atoms with Crippen molar-refractivity contribution in [3.63, 3.8) is 0 Å². The van der Waals surface area contributed by atoms with Gasteiger partial charge in [0.1, 0.15) is 11.4 Å². The molecule has 0 saturated carbocycles. The van der Waals surface area contributed by atoms with Gasteiger partial charge in [0.05, 0.1) is 21.6 Å². The van der Waals surface area contributed by atoms with E-state index in [0.717, 1.165) is 28.7 Å². The third kappa shape index (κ3) is 4.93. The van der Waals surface area contributed by atoms with E-state index in [9.17, 15) is 14.9 Å². The van der Waals surface area contributed by atoms with Crippen LogP contribution in [-0.4, -0.2) is 36.9 Å². The normalized spacial score (nSPS) is 10.9. The Labute approximate surface area is 182 Å². The number of benzene rings is 1. The monoisotopic (exact) mass is 474 g/mol. The van der Waals surface area contributed by atoms with Crippen LogP contribution < -0.4 is 5.32 Å². The van der Waals surface area contributed by atoms with Crippen molar-refractivity contribution in [1.29, 1.82) is 0 Å². The molecule has 30 heavy (non-hydrogen) atoms. The van der Waals surface area contributed by atoms with E-state index < -0.39 is 4.92 Å². The minimum atomic E-state index is -0.409. The number of halogens is 1. The van der Waals surface area contributed by atoms with Crippen molar-refractivity contribution in [1.82, 2.24) is 24.9 Å². The fraction of sp³-hybridized carbons (Fsp3) is 0.350.